The quantitative estimate of drug-likeness (QED) is 0.135. The van der Waals surface area contributed by atoms with E-state index in [1.54, 1.807) is 24.3 Å². The number of hydrogen-bond acceptors (Lipinski definition) is 9. The number of halogens is 1. The summed E-state index contributed by atoms with van der Waals surface area (Å²) >= 11 is 6.20. The summed E-state index contributed by atoms with van der Waals surface area (Å²) in [7, 11) is 0. The lowest BCUT2D eigenvalue weighted by atomic mass is 9.78. The van der Waals surface area contributed by atoms with Crippen LogP contribution in [-0.2, 0) is 17.6 Å². The smallest absolute Gasteiger partial charge is 0.338 e. The number of aliphatic hydroxyl groups is 1. The summed E-state index contributed by atoms with van der Waals surface area (Å²) < 4.78 is 28.9. The van der Waals surface area contributed by atoms with Gasteiger partial charge < -0.3 is 33.7 Å². The van der Waals surface area contributed by atoms with Crippen molar-refractivity contribution in [3.8, 4) is 23.0 Å². The maximum Gasteiger partial charge on any atom is 0.338 e. The second kappa shape index (κ2) is 20.1. The minimum absolute atomic E-state index is 0.00689. The third-order valence-corrected chi connectivity index (χ3v) is 12.3. The van der Waals surface area contributed by atoms with Crippen molar-refractivity contribution in [3.63, 3.8) is 0 Å². The summed E-state index contributed by atoms with van der Waals surface area (Å²) in [6.45, 7) is 5.86. The van der Waals surface area contributed by atoms with Crippen LogP contribution in [0.3, 0.4) is 0 Å². The first kappa shape index (κ1) is 39.7. The third kappa shape index (κ3) is 11.3. The van der Waals surface area contributed by atoms with E-state index < -0.39 is 6.10 Å². The lowest BCUT2D eigenvalue weighted by Gasteiger charge is -2.39. The summed E-state index contributed by atoms with van der Waals surface area (Å²) in [6.07, 6.45) is 13.9. The van der Waals surface area contributed by atoms with Gasteiger partial charge in [0.2, 0.25) is 13.6 Å². The van der Waals surface area contributed by atoms with E-state index in [1.165, 1.54) is 30.4 Å². The number of aryl methyl sites for hydroxylation is 2. The molecule has 3 heterocycles. The molecule has 0 spiro atoms. The summed E-state index contributed by atoms with van der Waals surface area (Å²) in [5.74, 6) is 3.06. The van der Waals surface area contributed by atoms with Gasteiger partial charge >= 0.3 is 5.97 Å². The molecule has 7 rings (SSSR count). The molecule has 0 bridgehead atoms. The van der Waals surface area contributed by atoms with Gasteiger partial charge in [-0.25, -0.2) is 4.79 Å². The maximum absolute atomic E-state index is 13.9. The molecule has 55 heavy (non-hydrogen) atoms. The molecule has 0 amide bonds. The Kier molecular flexibility index (Phi) is 14.5. The molecule has 4 atom stereocenters. The minimum Gasteiger partial charge on any atom is -0.457 e. The highest BCUT2D eigenvalue weighted by molar-refractivity contribution is 6.30. The van der Waals surface area contributed by atoms with Crippen molar-refractivity contribution in [2.24, 2.45) is 11.8 Å². The number of carbonyl (C=O) groups excluding carboxylic acids is 1. The Morgan fingerprint density at radius 1 is 0.655 bits per heavy atom. The van der Waals surface area contributed by atoms with Gasteiger partial charge in [0.15, 0.2) is 23.0 Å². The van der Waals surface area contributed by atoms with E-state index in [-0.39, 0.29) is 30.7 Å². The van der Waals surface area contributed by atoms with E-state index in [2.05, 4.69) is 34.1 Å². The van der Waals surface area contributed by atoms with Gasteiger partial charge in [0.05, 0.1) is 11.7 Å². The molecule has 4 unspecified atom stereocenters. The van der Waals surface area contributed by atoms with Crippen LogP contribution in [0.2, 0.25) is 5.02 Å². The normalized spacial score (nSPS) is 23.5. The van der Waals surface area contributed by atoms with Crippen LogP contribution < -0.4 is 18.9 Å². The average molecular weight is 775 g/mol. The molecule has 298 valence electrons. The van der Waals surface area contributed by atoms with E-state index in [0.717, 1.165) is 126 Å². The molecular formula is C45H59ClN2O7. The van der Waals surface area contributed by atoms with Crippen molar-refractivity contribution in [1.29, 1.82) is 0 Å². The van der Waals surface area contributed by atoms with Crippen LogP contribution in [0, 0.1) is 11.8 Å². The van der Waals surface area contributed by atoms with Crippen molar-refractivity contribution in [2.75, 3.05) is 52.9 Å². The zero-order chi connectivity index (χ0) is 37.8. The Labute approximate surface area is 332 Å². The van der Waals surface area contributed by atoms with Crippen molar-refractivity contribution in [2.45, 2.75) is 102 Å². The Bertz CT molecular complexity index is 1670. The fraction of sp³-hybridized carbons (Fsp3) is 0.578. The molecule has 10 heteroatoms. The second-order valence-corrected chi connectivity index (χ2v) is 16.4. The van der Waals surface area contributed by atoms with Crippen LogP contribution in [-0.4, -0.2) is 85.9 Å². The largest absolute Gasteiger partial charge is 0.457 e. The number of ether oxygens (including phenoxy) is 5. The van der Waals surface area contributed by atoms with E-state index in [1.807, 2.05) is 12.1 Å². The van der Waals surface area contributed by atoms with Crippen LogP contribution in [0.4, 0.5) is 0 Å². The minimum atomic E-state index is -0.413. The fourth-order valence-electron chi connectivity index (χ4n) is 8.93. The number of carbonyl (C=O) groups is 1. The first-order valence-electron chi connectivity index (χ1n) is 20.8. The maximum atomic E-state index is 13.9. The second-order valence-electron chi connectivity index (χ2n) is 15.9. The van der Waals surface area contributed by atoms with Crippen LogP contribution in [0.1, 0.15) is 98.5 Å². The van der Waals surface area contributed by atoms with Crippen molar-refractivity contribution < 1.29 is 33.6 Å². The summed E-state index contributed by atoms with van der Waals surface area (Å²) in [5, 5.41) is 12.4. The predicted octanol–water partition coefficient (Wildman–Crippen LogP) is 8.71. The van der Waals surface area contributed by atoms with Crippen molar-refractivity contribution >= 4 is 17.6 Å². The Balaban J connectivity index is 1.07. The van der Waals surface area contributed by atoms with Crippen LogP contribution in [0.25, 0.3) is 0 Å². The number of nitrogens with zero attached hydrogens (tertiary/aromatic N) is 2. The SMILES string of the molecule is O=C(OC1CN(CCCCc2ccc3c(c2)OCO3)CCCN(CCCCc2ccc3c(c2)OCO3)CC1C1CCCCCCCC1O)c1ccc(Cl)cc1. The van der Waals surface area contributed by atoms with E-state index in [0.29, 0.717) is 23.9 Å². The standard InChI is InChI=1S/C45H59ClN2O7/c46-36-19-17-35(18-20-36)45(50)55-44-30-48(24-9-7-12-34-16-22-41-43(28-34)54-32-52-41)26-10-25-47(29-38(44)37-13-4-2-1-3-5-14-39(37)49)23-8-6-11-33-15-21-40-42(27-33)53-31-51-40/h15-22,27-28,37-39,44,49H,1-14,23-26,29-32H2. The number of hydrogen-bond donors (Lipinski definition) is 1. The van der Waals surface area contributed by atoms with Crippen molar-refractivity contribution in [3.05, 3.63) is 82.4 Å². The number of aliphatic hydroxyl groups excluding tert-OH is 1. The molecule has 3 aromatic rings. The van der Waals surface area contributed by atoms with Crippen molar-refractivity contribution in [1.82, 2.24) is 9.80 Å². The first-order chi connectivity index (χ1) is 27.0. The van der Waals surface area contributed by atoms with Crippen LogP contribution in [0.15, 0.2) is 60.7 Å². The molecule has 2 fully saturated rings. The highest BCUT2D eigenvalue weighted by Gasteiger charge is 2.39. The van der Waals surface area contributed by atoms with Gasteiger partial charge in [-0.2, -0.15) is 0 Å². The Morgan fingerprint density at radius 2 is 1.22 bits per heavy atom. The van der Waals surface area contributed by atoms with Gasteiger partial charge in [-0.1, -0.05) is 55.8 Å². The zero-order valence-corrected chi connectivity index (χ0v) is 33.1. The average Bonchev–Trinajstić information content (AvgIpc) is 3.89. The van der Waals surface area contributed by atoms with Crippen LogP contribution >= 0.6 is 11.6 Å². The summed E-state index contributed by atoms with van der Waals surface area (Å²) in [4.78, 5) is 19.0. The number of rotatable bonds is 13. The molecule has 9 nitrogen and oxygen atoms in total. The molecule has 1 saturated carbocycles. The molecule has 0 radical (unpaired) electrons. The Hall–Kier alpha value is -3.50. The fourth-order valence-corrected chi connectivity index (χ4v) is 9.06. The van der Waals surface area contributed by atoms with E-state index in [9.17, 15) is 9.90 Å². The molecule has 1 N–H and O–H groups in total. The number of esters is 1. The number of unbranched alkanes of at least 4 members (excludes halogenated alkanes) is 2. The molecule has 0 aromatic heterocycles. The predicted molar refractivity (Wildman–Crippen MR) is 214 cm³/mol. The molecule has 1 aliphatic carbocycles. The highest BCUT2D eigenvalue weighted by atomic mass is 35.5. The molecule has 3 aromatic carbocycles. The van der Waals surface area contributed by atoms with E-state index in [4.69, 9.17) is 35.3 Å². The molecular weight excluding hydrogens is 716 g/mol. The molecule has 1 saturated heterocycles. The van der Waals surface area contributed by atoms with Gasteiger partial charge in [-0.05, 0) is 150 Å². The lowest BCUT2D eigenvalue weighted by molar-refractivity contribution is -0.0419. The van der Waals surface area contributed by atoms with E-state index >= 15 is 0 Å². The number of benzene rings is 3. The van der Waals surface area contributed by atoms with Gasteiger partial charge in [0.1, 0.15) is 6.10 Å². The summed E-state index contributed by atoms with van der Waals surface area (Å²) in [5.41, 5.74) is 3.03. The van der Waals surface area contributed by atoms with Gasteiger partial charge in [0.25, 0.3) is 0 Å². The molecule has 4 aliphatic rings. The topological polar surface area (TPSA) is 89.9 Å². The lowest BCUT2D eigenvalue weighted by Crippen LogP contribution is -2.48. The monoisotopic (exact) mass is 774 g/mol. The van der Waals surface area contributed by atoms with Gasteiger partial charge in [-0.15, -0.1) is 0 Å². The number of fused-ring (bicyclic) bond motifs is 2. The highest BCUT2D eigenvalue weighted by Crippen LogP contribution is 2.36. The van der Waals surface area contributed by atoms with Crippen LogP contribution in [0.5, 0.6) is 23.0 Å². The zero-order valence-electron chi connectivity index (χ0n) is 32.3. The summed E-state index contributed by atoms with van der Waals surface area (Å²) in [6, 6.07) is 19.5. The first-order valence-corrected chi connectivity index (χ1v) is 21.2. The molecule has 3 aliphatic heterocycles. The van der Waals surface area contributed by atoms with Gasteiger partial charge in [-0.3, -0.25) is 4.90 Å². The van der Waals surface area contributed by atoms with Gasteiger partial charge in [0, 0.05) is 24.0 Å². The Morgan fingerprint density at radius 3 is 1.85 bits per heavy atom. The third-order valence-electron chi connectivity index (χ3n) is 12.0.